The van der Waals surface area contributed by atoms with E-state index in [9.17, 15) is 14.3 Å². The molecule has 2 N–H and O–H groups in total. The molecule has 7 heteroatoms. The lowest BCUT2D eigenvalue weighted by molar-refractivity contribution is 0.135. The van der Waals surface area contributed by atoms with Gasteiger partial charge in [0.2, 0.25) is 0 Å². The van der Waals surface area contributed by atoms with Gasteiger partial charge in [-0.1, -0.05) is 18.2 Å². The maximum absolute atomic E-state index is 13.8. The van der Waals surface area contributed by atoms with Gasteiger partial charge >= 0.3 is 6.03 Å². The molecule has 29 heavy (non-hydrogen) atoms. The summed E-state index contributed by atoms with van der Waals surface area (Å²) in [5, 5.41) is 12.3. The fraction of sp³-hybridized carbons (Fsp3) is 0.409. The third kappa shape index (κ3) is 6.09. The van der Waals surface area contributed by atoms with Crippen LogP contribution < -0.4 is 10.1 Å². The standard InChI is InChI=1S/C22H28FN3O3/c1-29-21-9-6-18(15-20(21)23)16-25-11-13-26(14-12-25)22(28)24-10-2-3-17-4-7-19(27)8-5-17/h4-9,15,27H,2-3,10-14,16H2,1H3,(H,24,28). The topological polar surface area (TPSA) is 65.0 Å². The third-order valence-corrected chi connectivity index (χ3v) is 5.14. The molecule has 0 radical (unpaired) electrons. The average molecular weight is 401 g/mol. The molecular weight excluding hydrogens is 373 g/mol. The van der Waals surface area contributed by atoms with Crippen LogP contribution in [0.1, 0.15) is 17.5 Å². The number of aromatic hydroxyl groups is 1. The SMILES string of the molecule is COc1ccc(CN2CCN(C(=O)NCCCc3ccc(O)cc3)CC2)cc1F. The molecule has 0 unspecified atom stereocenters. The molecule has 1 saturated heterocycles. The van der Waals surface area contributed by atoms with E-state index in [0.29, 0.717) is 26.2 Å². The van der Waals surface area contributed by atoms with Crippen molar-refractivity contribution in [3.05, 3.63) is 59.4 Å². The summed E-state index contributed by atoms with van der Waals surface area (Å²) in [5.41, 5.74) is 2.04. The molecule has 0 spiro atoms. The Labute approximate surface area is 170 Å². The second-order valence-corrected chi connectivity index (χ2v) is 7.23. The van der Waals surface area contributed by atoms with Crippen molar-refractivity contribution in [2.75, 3.05) is 39.8 Å². The summed E-state index contributed by atoms with van der Waals surface area (Å²) in [4.78, 5) is 16.4. The van der Waals surface area contributed by atoms with E-state index in [-0.39, 0.29) is 23.3 Å². The second kappa shape index (κ2) is 10.1. The first kappa shape index (κ1) is 20.9. The summed E-state index contributed by atoms with van der Waals surface area (Å²) < 4.78 is 18.8. The van der Waals surface area contributed by atoms with Gasteiger partial charge in [0, 0.05) is 39.3 Å². The molecule has 1 heterocycles. The molecule has 0 atom stereocenters. The Kier molecular flexibility index (Phi) is 7.30. The Morgan fingerprint density at radius 3 is 2.45 bits per heavy atom. The molecule has 1 fully saturated rings. The number of methoxy groups -OCH3 is 1. The summed E-state index contributed by atoms with van der Waals surface area (Å²) in [7, 11) is 1.45. The van der Waals surface area contributed by atoms with Crippen LogP contribution >= 0.6 is 0 Å². The minimum absolute atomic E-state index is 0.0363. The predicted molar refractivity (Wildman–Crippen MR) is 110 cm³/mol. The van der Waals surface area contributed by atoms with Gasteiger partial charge in [-0.2, -0.15) is 0 Å². The number of amides is 2. The normalized spacial score (nSPS) is 14.6. The number of ether oxygens (including phenoxy) is 1. The zero-order valence-electron chi connectivity index (χ0n) is 16.7. The van der Waals surface area contributed by atoms with Crippen molar-refractivity contribution in [1.82, 2.24) is 15.1 Å². The van der Waals surface area contributed by atoms with Crippen molar-refractivity contribution in [3.63, 3.8) is 0 Å². The first-order valence-corrected chi connectivity index (χ1v) is 9.90. The number of benzene rings is 2. The Morgan fingerprint density at radius 1 is 1.10 bits per heavy atom. The predicted octanol–water partition coefficient (Wildman–Crippen LogP) is 3.00. The van der Waals surface area contributed by atoms with Crippen LogP contribution in [0.15, 0.2) is 42.5 Å². The summed E-state index contributed by atoms with van der Waals surface area (Å²) in [5.74, 6) is 0.161. The molecule has 2 aromatic rings. The minimum Gasteiger partial charge on any atom is -0.508 e. The number of urea groups is 1. The molecule has 1 aliphatic rings. The Hall–Kier alpha value is -2.80. The van der Waals surface area contributed by atoms with Gasteiger partial charge in [-0.25, -0.2) is 9.18 Å². The van der Waals surface area contributed by atoms with Crippen LogP contribution in [0.4, 0.5) is 9.18 Å². The minimum atomic E-state index is -0.352. The zero-order chi connectivity index (χ0) is 20.6. The maximum Gasteiger partial charge on any atom is 0.317 e. The van der Waals surface area contributed by atoms with Crippen LogP contribution in [0.2, 0.25) is 0 Å². The maximum atomic E-state index is 13.8. The highest BCUT2D eigenvalue weighted by atomic mass is 19.1. The summed E-state index contributed by atoms with van der Waals surface area (Å²) in [6.07, 6.45) is 1.70. The first-order chi connectivity index (χ1) is 14.0. The van der Waals surface area contributed by atoms with E-state index < -0.39 is 0 Å². The Balaban J connectivity index is 1.35. The number of halogens is 1. The summed E-state index contributed by atoms with van der Waals surface area (Å²) in [6, 6.07) is 12.1. The van der Waals surface area contributed by atoms with Gasteiger partial charge in [-0.05, 0) is 48.2 Å². The van der Waals surface area contributed by atoms with E-state index in [1.54, 1.807) is 18.2 Å². The van der Waals surface area contributed by atoms with E-state index >= 15 is 0 Å². The third-order valence-electron chi connectivity index (χ3n) is 5.14. The molecule has 2 aromatic carbocycles. The van der Waals surface area contributed by atoms with Gasteiger partial charge in [0.05, 0.1) is 7.11 Å². The number of hydrogen-bond donors (Lipinski definition) is 2. The summed E-state index contributed by atoms with van der Waals surface area (Å²) >= 11 is 0. The molecular formula is C22H28FN3O3. The molecule has 0 aromatic heterocycles. The first-order valence-electron chi connectivity index (χ1n) is 9.90. The number of nitrogens with zero attached hydrogens (tertiary/aromatic N) is 2. The molecule has 2 amide bonds. The van der Waals surface area contributed by atoms with Crippen LogP contribution in [0.3, 0.4) is 0 Å². The van der Waals surface area contributed by atoms with E-state index in [1.807, 2.05) is 23.1 Å². The van der Waals surface area contributed by atoms with Gasteiger partial charge in [0.1, 0.15) is 5.75 Å². The van der Waals surface area contributed by atoms with E-state index in [4.69, 9.17) is 4.74 Å². The lowest BCUT2D eigenvalue weighted by atomic mass is 10.1. The van der Waals surface area contributed by atoms with Crippen molar-refractivity contribution < 1.29 is 19.0 Å². The zero-order valence-corrected chi connectivity index (χ0v) is 16.7. The molecule has 0 saturated carbocycles. The smallest absolute Gasteiger partial charge is 0.317 e. The second-order valence-electron chi connectivity index (χ2n) is 7.23. The molecule has 156 valence electrons. The van der Waals surface area contributed by atoms with Gasteiger partial charge < -0.3 is 20.1 Å². The molecule has 0 bridgehead atoms. The number of piperazine rings is 1. The number of phenolic OH excluding ortho intramolecular Hbond substituents is 1. The van der Waals surface area contributed by atoms with Gasteiger partial charge in [0.25, 0.3) is 0 Å². The monoisotopic (exact) mass is 401 g/mol. The number of carbonyl (C=O) groups excluding carboxylic acids is 1. The fourth-order valence-corrected chi connectivity index (χ4v) is 3.44. The van der Waals surface area contributed by atoms with Crippen LogP contribution in [0, 0.1) is 5.82 Å². The van der Waals surface area contributed by atoms with E-state index in [0.717, 1.165) is 37.1 Å². The van der Waals surface area contributed by atoms with Crippen molar-refractivity contribution >= 4 is 6.03 Å². The van der Waals surface area contributed by atoms with Crippen molar-refractivity contribution in [2.24, 2.45) is 0 Å². The van der Waals surface area contributed by atoms with Crippen LogP contribution in [-0.2, 0) is 13.0 Å². The van der Waals surface area contributed by atoms with Crippen LogP contribution in [0.5, 0.6) is 11.5 Å². The van der Waals surface area contributed by atoms with Gasteiger partial charge in [0.15, 0.2) is 11.6 Å². The summed E-state index contributed by atoms with van der Waals surface area (Å²) in [6.45, 7) is 4.10. The van der Waals surface area contributed by atoms with Crippen LogP contribution in [0.25, 0.3) is 0 Å². The van der Waals surface area contributed by atoms with Gasteiger partial charge in [-0.3, -0.25) is 4.90 Å². The Morgan fingerprint density at radius 2 is 1.79 bits per heavy atom. The number of carbonyl (C=O) groups is 1. The number of hydrogen-bond acceptors (Lipinski definition) is 4. The average Bonchev–Trinajstić information content (AvgIpc) is 2.73. The molecule has 1 aliphatic heterocycles. The van der Waals surface area contributed by atoms with Crippen molar-refractivity contribution in [1.29, 1.82) is 0 Å². The number of nitrogens with one attached hydrogen (secondary N) is 1. The highest BCUT2D eigenvalue weighted by molar-refractivity contribution is 5.74. The van der Waals surface area contributed by atoms with Crippen LogP contribution in [-0.4, -0.2) is 60.8 Å². The highest BCUT2D eigenvalue weighted by Gasteiger charge is 2.21. The van der Waals surface area contributed by atoms with E-state index in [2.05, 4.69) is 10.2 Å². The fourth-order valence-electron chi connectivity index (χ4n) is 3.44. The Bertz CT molecular complexity index is 805. The highest BCUT2D eigenvalue weighted by Crippen LogP contribution is 2.19. The number of rotatable bonds is 7. The lowest BCUT2D eigenvalue weighted by Gasteiger charge is -2.34. The largest absolute Gasteiger partial charge is 0.508 e. The quantitative estimate of drug-likeness (QED) is 0.700. The number of aryl methyl sites for hydroxylation is 1. The van der Waals surface area contributed by atoms with Crippen molar-refractivity contribution in [2.45, 2.75) is 19.4 Å². The molecule has 6 nitrogen and oxygen atoms in total. The lowest BCUT2D eigenvalue weighted by Crippen LogP contribution is -2.51. The van der Waals surface area contributed by atoms with Gasteiger partial charge in [-0.15, -0.1) is 0 Å². The van der Waals surface area contributed by atoms with Crippen molar-refractivity contribution in [3.8, 4) is 11.5 Å². The number of phenols is 1. The van der Waals surface area contributed by atoms with E-state index in [1.165, 1.54) is 13.2 Å². The molecule has 3 rings (SSSR count). The molecule has 0 aliphatic carbocycles.